The molecular weight excluding hydrogens is 294 g/mol. The van der Waals surface area contributed by atoms with Gasteiger partial charge in [-0.25, -0.2) is 0 Å². The molecule has 116 valence electrons. The Balaban J connectivity index is 1.59. The predicted octanol–water partition coefficient (Wildman–Crippen LogP) is 2.91. The maximum Gasteiger partial charge on any atom is 0.252 e. The quantitative estimate of drug-likeness (QED) is 0.863. The molecule has 1 N–H and O–H groups in total. The van der Waals surface area contributed by atoms with Gasteiger partial charge in [0.25, 0.3) is 5.91 Å². The summed E-state index contributed by atoms with van der Waals surface area (Å²) in [5, 5.41) is 7.47. The number of thioether (sulfide) groups is 1. The van der Waals surface area contributed by atoms with Gasteiger partial charge in [-0.2, -0.15) is 5.10 Å². The van der Waals surface area contributed by atoms with Gasteiger partial charge >= 0.3 is 0 Å². The molecule has 0 bridgehead atoms. The lowest BCUT2D eigenvalue weighted by molar-refractivity contribution is 0.0949. The Bertz CT molecular complexity index is 666. The van der Waals surface area contributed by atoms with E-state index in [1.54, 1.807) is 11.8 Å². The fraction of sp³-hybridized carbons (Fsp3) is 0.412. The summed E-state index contributed by atoms with van der Waals surface area (Å²) in [5.41, 5.74) is 3.48. The minimum absolute atomic E-state index is 0.00836. The van der Waals surface area contributed by atoms with Crippen molar-refractivity contribution in [1.29, 1.82) is 0 Å². The predicted molar refractivity (Wildman–Crippen MR) is 89.4 cm³/mol. The first-order chi connectivity index (χ1) is 10.8. The minimum atomic E-state index is -0.00836. The van der Waals surface area contributed by atoms with Crippen LogP contribution in [0, 0.1) is 0 Å². The van der Waals surface area contributed by atoms with Crippen molar-refractivity contribution < 1.29 is 4.79 Å². The van der Waals surface area contributed by atoms with Crippen LogP contribution in [0.3, 0.4) is 0 Å². The van der Waals surface area contributed by atoms with E-state index in [0.29, 0.717) is 6.54 Å². The zero-order chi connectivity index (χ0) is 15.4. The number of aryl methyl sites for hydroxylation is 1. The highest BCUT2D eigenvalue weighted by atomic mass is 32.2. The molecule has 5 heteroatoms. The van der Waals surface area contributed by atoms with Gasteiger partial charge in [-0.3, -0.25) is 9.48 Å². The normalized spacial score (nSPS) is 13.7. The van der Waals surface area contributed by atoms with Crippen molar-refractivity contribution in [3.63, 3.8) is 0 Å². The number of carbonyl (C=O) groups excluding carboxylic acids is 1. The smallest absolute Gasteiger partial charge is 0.252 e. The molecule has 2 aromatic rings. The number of amides is 1. The molecule has 0 fully saturated rings. The number of carbonyl (C=O) groups is 1. The third-order valence-corrected chi connectivity index (χ3v) is 4.90. The van der Waals surface area contributed by atoms with Crippen LogP contribution in [0.5, 0.6) is 0 Å². The van der Waals surface area contributed by atoms with Crippen molar-refractivity contribution in [2.75, 3.05) is 12.8 Å². The van der Waals surface area contributed by atoms with Crippen LogP contribution in [0.2, 0.25) is 0 Å². The molecule has 1 amide bonds. The highest BCUT2D eigenvalue weighted by Crippen LogP contribution is 2.21. The fourth-order valence-corrected chi connectivity index (χ4v) is 3.55. The molecule has 0 saturated carbocycles. The molecule has 0 aliphatic heterocycles. The third-order valence-electron chi connectivity index (χ3n) is 4.11. The van der Waals surface area contributed by atoms with Crippen molar-refractivity contribution in [1.82, 2.24) is 15.1 Å². The maximum atomic E-state index is 12.3. The van der Waals surface area contributed by atoms with E-state index in [9.17, 15) is 4.79 Å². The number of hydrogen-bond acceptors (Lipinski definition) is 3. The van der Waals surface area contributed by atoms with Crippen molar-refractivity contribution >= 4 is 17.7 Å². The average molecular weight is 315 g/mol. The Labute approximate surface area is 135 Å². The molecular formula is C17H21N3OS. The molecule has 0 radical (unpaired) electrons. The molecule has 1 aromatic heterocycles. The highest BCUT2D eigenvalue weighted by molar-refractivity contribution is 7.98. The van der Waals surface area contributed by atoms with Crippen LogP contribution >= 0.6 is 11.8 Å². The number of aromatic nitrogens is 2. The second-order valence-corrected chi connectivity index (χ2v) is 6.35. The molecule has 0 saturated heterocycles. The average Bonchev–Trinajstić information content (AvgIpc) is 2.98. The van der Waals surface area contributed by atoms with Gasteiger partial charge in [-0.15, -0.1) is 11.8 Å². The number of rotatable bonds is 5. The monoisotopic (exact) mass is 315 g/mol. The van der Waals surface area contributed by atoms with Crippen LogP contribution in [-0.4, -0.2) is 28.5 Å². The summed E-state index contributed by atoms with van der Waals surface area (Å²) < 4.78 is 2.05. The van der Waals surface area contributed by atoms with Gasteiger partial charge in [0.2, 0.25) is 0 Å². The lowest BCUT2D eigenvalue weighted by Gasteiger charge is -2.14. The second kappa shape index (κ2) is 7.01. The van der Waals surface area contributed by atoms with Crippen molar-refractivity contribution in [3.05, 3.63) is 47.3 Å². The van der Waals surface area contributed by atoms with E-state index in [2.05, 4.69) is 15.1 Å². The van der Waals surface area contributed by atoms with E-state index in [1.807, 2.05) is 36.7 Å². The van der Waals surface area contributed by atoms with Crippen molar-refractivity contribution in [2.45, 2.75) is 37.1 Å². The molecule has 0 unspecified atom stereocenters. The van der Waals surface area contributed by atoms with Crippen LogP contribution in [0.15, 0.2) is 35.4 Å². The van der Waals surface area contributed by atoms with E-state index >= 15 is 0 Å². The van der Waals surface area contributed by atoms with Gasteiger partial charge in [0.1, 0.15) is 0 Å². The van der Waals surface area contributed by atoms with Gasteiger partial charge in [0.15, 0.2) is 0 Å². The van der Waals surface area contributed by atoms with E-state index in [0.717, 1.165) is 29.8 Å². The third kappa shape index (κ3) is 3.19. The van der Waals surface area contributed by atoms with Crippen LogP contribution in [0.25, 0.3) is 0 Å². The Morgan fingerprint density at radius 2 is 2.14 bits per heavy atom. The zero-order valence-electron chi connectivity index (χ0n) is 12.8. The first-order valence-corrected chi connectivity index (χ1v) is 8.97. The Morgan fingerprint density at radius 1 is 1.32 bits per heavy atom. The number of hydrogen-bond donors (Lipinski definition) is 1. The van der Waals surface area contributed by atoms with E-state index in [1.165, 1.54) is 24.1 Å². The Morgan fingerprint density at radius 3 is 3.00 bits per heavy atom. The van der Waals surface area contributed by atoms with Gasteiger partial charge < -0.3 is 5.32 Å². The number of benzene rings is 1. The molecule has 22 heavy (non-hydrogen) atoms. The standard InChI is InChI=1S/C17H21N3OS/c1-22-16-9-5-3-7-14(16)17(21)18-10-11-20-15-8-4-2-6-13(15)12-19-20/h3,5,7,9,12H,2,4,6,8,10-11H2,1H3,(H,18,21). The summed E-state index contributed by atoms with van der Waals surface area (Å²) in [6.45, 7) is 1.35. The van der Waals surface area contributed by atoms with E-state index in [-0.39, 0.29) is 5.91 Å². The molecule has 3 rings (SSSR count). The lowest BCUT2D eigenvalue weighted by atomic mass is 9.98. The van der Waals surface area contributed by atoms with Crippen molar-refractivity contribution in [3.8, 4) is 0 Å². The van der Waals surface area contributed by atoms with Crippen LogP contribution in [0.1, 0.15) is 34.5 Å². The van der Waals surface area contributed by atoms with Crippen LogP contribution < -0.4 is 5.32 Å². The molecule has 0 spiro atoms. The van der Waals surface area contributed by atoms with Gasteiger partial charge in [0, 0.05) is 17.1 Å². The largest absolute Gasteiger partial charge is 0.350 e. The van der Waals surface area contributed by atoms with Crippen molar-refractivity contribution in [2.24, 2.45) is 0 Å². The first kappa shape index (κ1) is 15.2. The molecule has 1 aliphatic carbocycles. The zero-order valence-corrected chi connectivity index (χ0v) is 13.7. The Hall–Kier alpha value is -1.75. The number of nitrogens with zero attached hydrogens (tertiary/aromatic N) is 2. The fourth-order valence-electron chi connectivity index (χ4n) is 2.95. The molecule has 1 heterocycles. The minimum Gasteiger partial charge on any atom is -0.350 e. The Kier molecular flexibility index (Phi) is 4.83. The SMILES string of the molecule is CSc1ccccc1C(=O)NCCn1ncc2c1CCCC2. The molecule has 1 aliphatic rings. The van der Waals surface area contributed by atoms with Gasteiger partial charge in [-0.05, 0) is 49.6 Å². The summed E-state index contributed by atoms with van der Waals surface area (Å²) in [7, 11) is 0. The molecule has 1 aromatic carbocycles. The summed E-state index contributed by atoms with van der Waals surface area (Å²) in [5.74, 6) is -0.00836. The summed E-state index contributed by atoms with van der Waals surface area (Å²) >= 11 is 1.60. The number of nitrogens with one attached hydrogen (secondary N) is 1. The summed E-state index contributed by atoms with van der Waals surface area (Å²) in [6.07, 6.45) is 8.73. The maximum absolute atomic E-state index is 12.3. The topological polar surface area (TPSA) is 46.9 Å². The first-order valence-electron chi connectivity index (χ1n) is 7.74. The number of fused-ring (bicyclic) bond motifs is 1. The van der Waals surface area contributed by atoms with Crippen LogP contribution in [0.4, 0.5) is 0 Å². The highest BCUT2D eigenvalue weighted by Gasteiger charge is 2.15. The van der Waals surface area contributed by atoms with E-state index in [4.69, 9.17) is 0 Å². The van der Waals surface area contributed by atoms with Gasteiger partial charge in [-0.1, -0.05) is 12.1 Å². The molecule has 0 atom stereocenters. The van der Waals surface area contributed by atoms with Crippen LogP contribution in [-0.2, 0) is 19.4 Å². The molecule has 4 nitrogen and oxygen atoms in total. The lowest BCUT2D eigenvalue weighted by Crippen LogP contribution is -2.28. The van der Waals surface area contributed by atoms with Gasteiger partial charge in [0.05, 0.1) is 18.3 Å². The van der Waals surface area contributed by atoms with E-state index < -0.39 is 0 Å². The summed E-state index contributed by atoms with van der Waals surface area (Å²) in [4.78, 5) is 13.3. The second-order valence-electron chi connectivity index (χ2n) is 5.50. The summed E-state index contributed by atoms with van der Waals surface area (Å²) in [6, 6.07) is 7.71.